The highest BCUT2D eigenvalue weighted by Crippen LogP contribution is 2.38. The van der Waals surface area contributed by atoms with Crippen molar-refractivity contribution in [3.8, 4) is 23.0 Å². The number of methoxy groups -OCH3 is 1. The topological polar surface area (TPSA) is 105 Å². The molecule has 3 N–H and O–H groups in total. The lowest BCUT2D eigenvalue weighted by Gasteiger charge is -2.30. The van der Waals surface area contributed by atoms with Crippen LogP contribution in [-0.4, -0.2) is 67.5 Å². The number of aliphatic hydroxyl groups is 1. The summed E-state index contributed by atoms with van der Waals surface area (Å²) >= 11 is 0. The summed E-state index contributed by atoms with van der Waals surface area (Å²) in [5.74, 6) is 1.35. The van der Waals surface area contributed by atoms with E-state index in [9.17, 15) is 14.3 Å². The van der Waals surface area contributed by atoms with E-state index in [2.05, 4.69) is 41.3 Å². The van der Waals surface area contributed by atoms with Gasteiger partial charge in [0.15, 0.2) is 23.1 Å². The van der Waals surface area contributed by atoms with E-state index in [1.54, 1.807) is 37.6 Å². The number of aliphatic hydroxyl groups excluding tert-OH is 1. The summed E-state index contributed by atoms with van der Waals surface area (Å²) in [5.41, 5.74) is 1.05. The van der Waals surface area contributed by atoms with Crippen molar-refractivity contribution in [1.29, 1.82) is 0 Å². The van der Waals surface area contributed by atoms with Gasteiger partial charge in [-0.2, -0.15) is 0 Å². The first-order valence-electron chi connectivity index (χ1n) is 14.6. The third kappa shape index (κ3) is 8.93. The molecule has 0 radical (unpaired) electrons. The minimum absolute atomic E-state index is 0.0171. The van der Waals surface area contributed by atoms with Crippen molar-refractivity contribution in [2.75, 3.05) is 51.8 Å². The van der Waals surface area contributed by atoms with E-state index in [0.29, 0.717) is 52.9 Å². The van der Waals surface area contributed by atoms with Crippen molar-refractivity contribution in [2.45, 2.75) is 46.5 Å². The molecular formula is C32H43FN4O5. The minimum Gasteiger partial charge on any atom is -0.493 e. The summed E-state index contributed by atoms with van der Waals surface area (Å²) in [4.78, 5) is 19.0. The van der Waals surface area contributed by atoms with Gasteiger partial charge in [-0.05, 0) is 74.4 Å². The number of piperidine rings is 1. The van der Waals surface area contributed by atoms with E-state index in [4.69, 9.17) is 14.2 Å². The lowest BCUT2D eigenvalue weighted by atomic mass is 9.92. The Morgan fingerprint density at radius 2 is 1.88 bits per heavy atom. The molecule has 0 spiro atoms. The fraction of sp³-hybridized carbons (Fsp3) is 0.500. The Hall–Kier alpha value is -3.63. The number of anilines is 1. The van der Waals surface area contributed by atoms with Crippen molar-refractivity contribution < 1.29 is 28.5 Å². The van der Waals surface area contributed by atoms with Gasteiger partial charge >= 0.3 is 6.03 Å². The average Bonchev–Trinajstić information content (AvgIpc) is 2.96. The van der Waals surface area contributed by atoms with Gasteiger partial charge in [-0.15, -0.1) is 0 Å². The molecule has 0 atom stereocenters. The Kier molecular flexibility index (Phi) is 10.8. The maximum absolute atomic E-state index is 15.0. The van der Waals surface area contributed by atoms with Crippen LogP contribution in [0.15, 0.2) is 42.6 Å². The third-order valence-electron chi connectivity index (χ3n) is 7.40. The number of urea groups is 1. The molecule has 2 aromatic carbocycles. The number of hydrogen-bond donors (Lipinski definition) is 3. The maximum atomic E-state index is 15.0. The van der Waals surface area contributed by atoms with Gasteiger partial charge in [-0.25, -0.2) is 9.18 Å². The predicted molar refractivity (Wildman–Crippen MR) is 162 cm³/mol. The predicted octanol–water partition coefficient (Wildman–Crippen LogP) is 6.21. The quantitative estimate of drug-likeness (QED) is 0.218. The monoisotopic (exact) mass is 582 g/mol. The van der Waals surface area contributed by atoms with Gasteiger partial charge in [0.25, 0.3) is 0 Å². The second-order valence-electron chi connectivity index (χ2n) is 11.9. The molecule has 0 aliphatic carbocycles. The van der Waals surface area contributed by atoms with Crippen LogP contribution in [0.3, 0.4) is 0 Å². The van der Waals surface area contributed by atoms with Gasteiger partial charge < -0.3 is 34.9 Å². The Bertz CT molecular complexity index is 1340. The molecule has 228 valence electrons. The number of amides is 2. The molecule has 1 fully saturated rings. The summed E-state index contributed by atoms with van der Waals surface area (Å²) < 4.78 is 32.6. The van der Waals surface area contributed by atoms with Crippen LogP contribution in [0.4, 0.5) is 14.9 Å². The van der Waals surface area contributed by atoms with E-state index >= 15 is 0 Å². The number of pyridine rings is 1. The number of carbonyl (C=O) groups excluding carboxylic acids is 1. The van der Waals surface area contributed by atoms with E-state index in [0.717, 1.165) is 45.3 Å². The number of likely N-dealkylation sites (tertiary alicyclic amines) is 1. The van der Waals surface area contributed by atoms with Crippen molar-refractivity contribution in [3.63, 3.8) is 0 Å². The zero-order valence-corrected chi connectivity index (χ0v) is 25.0. The van der Waals surface area contributed by atoms with Crippen LogP contribution in [0.25, 0.3) is 10.9 Å². The van der Waals surface area contributed by atoms with Gasteiger partial charge in [0.05, 0.1) is 19.2 Å². The highest BCUT2D eigenvalue weighted by atomic mass is 19.1. The number of rotatable bonds is 12. The number of nitrogens with one attached hydrogen (secondary N) is 2. The molecule has 2 heterocycles. The van der Waals surface area contributed by atoms with E-state index in [-0.39, 0.29) is 23.8 Å². The highest BCUT2D eigenvalue weighted by Gasteiger charge is 2.19. The lowest BCUT2D eigenvalue weighted by Crippen LogP contribution is -2.35. The smallest absolute Gasteiger partial charge is 0.319 e. The summed E-state index contributed by atoms with van der Waals surface area (Å²) in [7, 11) is 1.57. The van der Waals surface area contributed by atoms with Gasteiger partial charge in [0.1, 0.15) is 5.75 Å². The molecule has 42 heavy (non-hydrogen) atoms. The molecule has 4 rings (SSSR count). The summed E-state index contributed by atoms with van der Waals surface area (Å²) in [6, 6.07) is 9.15. The first-order chi connectivity index (χ1) is 20.1. The molecule has 0 saturated carbocycles. The Morgan fingerprint density at radius 1 is 1.10 bits per heavy atom. The zero-order chi connectivity index (χ0) is 30.1. The molecule has 1 aliphatic rings. The molecule has 10 heteroatoms. The summed E-state index contributed by atoms with van der Waals surface area (Å²) in [6.45, 7) is 10.6. The molecule has 2 amide bonds. The number of hydrogen-bond acceptors (Lipinski definition) is 7. The molecule has 1 aliphatic heterocycles. The Balaban J connectivity index is 1.37. The second kappa shape index (κ2) is 14.5. The molecule has 9 nitrogen and oxygen atoms in total. The van der Waals surface area contributed by atoms with Gasteiger partial charge in [0.2, 0.25) is 0 Å². The number of ether oxygens (including phenoxy) is 3. The first kappa shape index (κ1) is 31.3. The van der Waals surface area contributed by atoms with Crippen LogP contribution < -0.4 is 24.8 Å². The van der Waals surface area contributed by atoms with Gasteiger partial charge in [-0.3, -0.25) is 4.98 Å². The lowest BCUT2D eigenvalue weighted by molar-refractivity contribution is 0.126. The number of benzene rings is 2. The average molecular weight is 583 g/mol. The van der Waals surface area contributed by atoms with Crippen molar-refractivity contribution >= 4 is 22.6 Å². The SMILES string of the molecule is COc1cc2c(Oc3ccc(NC(=O)NCCC(C)(C)C)cc3F)ccnc2cc1OCCCN1CCC(CO)CC1. The fourth-order valence-electron chi connectivity index (χ4n) is 4.86. The van der Waals surface area contributed by atoms with Crippen LogP contribution in [-0.2, 0) is 0 Å². The molecule has 1 aromatic heterocycles. The number of nitrogens with zero attached hydrogens (tertiary/aromatic N) is 2. The first-order valence-corrected chi connectivity index (χ1v) is 14.6. The number of aromatic nitrogens is 1. The minimum atomic E-state index is -0.611. The number of fused-ring (bicyclic) bond motifs is 1. The largest absolute Gasteiger partial charge is 0.493 e. The van der Waals surface area contributed by atoms with Crippen LogP contribution >= 0.6 is 0 Å². The maximum Gasteiger partial charge on any atom is 0.319 e. The van der Waals surface area contributed by atoms with Gasteiger partial charge in [0, 0.05) is 49.1 Å². The van der Waals surface area contributed by atoms with E-state index < -0.39 is 5.82 Å². The van der Waals surface area contributed by atoms with Crippen LogP contribution in [0, 0.1) is 17.2 Å². The Morgan fingerprint density at radius 3 is 2.57 bits per heavy atom. The normalized spacial score (nSPS) is 14.5. The number of halogens is 1. The number of carbonyl (C=O) groups is 1. The second-order valence-corrected chi connectivity index (χ2v) is 11.9. The van der Waals surface area contributed by atoms with Crippen molar-refractivity contribution in [3.05, 3.63) is 48.4 Å². The van der Waals surface area contributed by atoms with Crippen LogP contribution in [0.5, 0.6) is 23.0 Å². The molecule has 3 aromatic rings. The zero-order valence-electron chi connectivity index (χ0n) is 25.0. The van der Waals surface area contributed by atoms with E-state index in [1.165, 1.54) is 12.1 Å². The molecule has 0 bridgehead atoms. The molecule has 0 unspecified atom stereocenters. The van der Waals surface area contributed by atoms with Crippen LogP contribution in [0.1, 0.15) is 46.5 Å². The van der Waals surface area contributed by atoms with Crippen molar-refractivity contribution in [1.82, 2.24) is 15.2 Å². The van der Waals surface area contributed by atoms with Crippen LogP contribution in [0.2, 0.25) is 0 Å². The van der Waals surface area contributed by atoms with E-state index in [1.807, 2.05) is 0 Å². The molecular weight excluding hydrogens is 539 g/mol. The Labute approximate surface area is 247 Å². The summed E-state index contributed by atoms with van der Waals surface area (Å²) in [5, 5.41) is 15.4. The highest BCUT2D eigenvalue weighted by molar-refractivity contribution is 5.90. The molecule has 1 saturated heterocycles. The standard InChI is InChI=1S/C32H43FN4O5/c1-32(2,3)11-13-35-31(39)36-23-6-7-28(25(33)18-23)42-27-8-12-34-26-20-30(29(40-4)19-24(26)27)41-17-5-14-37-15-9-22(21-38)10-16-37/h6-8,12,18-20,22,38H,5,9-11,13-17,21H2,1-4H3,(H2,35,36,39). The van der Waals surface area contributed by atoms with Gasteiger partial charge in [-0.1, -0.05) is 20.8 Å². The summed E-state index contributed by atoms with van der Waals surface area (Å²) in [6.07, 6.45) is 5.35. The third-order valence-corrected chi connectivity index (χ3v) is 7.40. The fourth-order valence-corrected chi connectivity index (χ4v) is 4.86. The van der Waals surface area contributed by atoms with Crippen molar-refractivity contribution in [2.24, 2.45) is 11.3 Å².